The lowest BCUT2D eigenvalue weighted by Gasteiger charge is -2.11. The molecule has 6 nitrogen and oxygen atoms in total. The van der Waals surface area contributed by atoms with E-state index in [2.05, 4.69) is 39.0 Å². The Balaban J connectivity index is 0.000000203. The number of fused-ring (bicyclic) bond motifs is 2. The normalized spacial score (nSPS) is 16.2. The van der Waals surface area contributed by atoms with Crippen molar-refractivity contribution < 1.29 is 8.42 Å². The molecule has 4 rings (SSSR count). The van der Waals surface area contributed by atoms with Gasteiger partial charge in [0.2, 0.25) is 10.0 Å². The average Bonchev–Trinajstić information content (AvgIpc) is 3.09. The first-order valence-electron chi connectivity index (χ1n) is 11.3. The van der Waals surface area contributed by atoms with Crippen molar-refractivity contribution in [2.75, 3.05) is 40.8 Å². The molecule has 2 heterocycles. The summed E-state index contributed by atoms with van der Waals surface area (Å²) >= 11 is 5.97. The molecule has 0 spiro atoms. The summed E-state index contributed by atoms with van der Waals surface area (Å²) < 4.78 is 25.6. The van der Waals surface area contributed by atoms with Crippen molar-refractivity contribution in [2.45, 2.75) is 31.4 Å². The van der Waals surface area contributed by atoms with Crippen molar-refractivity contribution in [1.29, 1.82) is 0 Å². The number of hydrogen-bond acceptors (Lipinski definition) is 4. The van der Waals surface area contributed by atoms with Crippen LogP contribution in [0, 0.1) is 0 Å². The first kappa shape index (κ1) is 25.7. The van der Waals surface area contributed by atoms with E-state index in [4.69, 9.17) is 11.6 Å². The van der Waals surface area contributed by atoms with Crippen molar-refractivity contribution in [3.8, 4) is 0 Å². The van der Waals surface area contributed by atoms with Gasteiger partial charge < -0.3 is 15.2 Å². The van der Waals surface area contributed by atoms with Gasteiger partial charge in [-0.25, -0.2) is 13.1 Å². The molecule has 0 aliphatic carbocycles. The molecular weight excluding hydrogens is 456 g/mol. The number of nitrogens with one attached hydrogen (secondary N) is 3. The molecule has 1 aliphatic heterocycles. The van der Waals surface area contributed by atoms with Gasteiger partial charge in [-0.2, -0.15) is 0 Å². The van der Waals surface area contributed by atoms with E-state index in [1.54, 1.807) is 0 Å². The van der Waals surface area contributed by atoms with Gasteiger partial charge in [0.1, 0.15) is 0 Å². The summed E-state index contributed by atoms with van der Waals surface area (Å²) in [4.78, 5) is 5.37. The van der Waals surface area contributed by atoms with Crippen LogP contribution in [0.2, 0.25) is 5.02 Å². The smallest absolute Gasteiger partial charge is 0.215 e. The van der Waals surface area contributed by atoms with Gasteiger partial charge in [-0.05, 0) is 93.0 Å². The van der Waals surface area contributed by atoms with Gasteiger partial charge in [-0.15, -0.1) is 0 Å². The number of halogens is 1. The monoisotopic (exact) mass is 490 g/mol. The highest BCUT2D eigenvalue weighted by atomic mass is 35.5. The van der Waals surface area contributed by atoms with Crippen molar-refractivity contribution in [1.82, 2.24) is 19.9 Å². The summed E-state index contributed by atoms with van der Waals surface area (Å²) in [5.41, 5.74) is 5.93. The molecule has 8 heteroatoms. The Kier molecular flexibility index (Phi) is 8.95. The second-order valence-corrected chi connectivity index (χ2v) is 11.3. The Morgan fingerprint density at radius 1 is 1.18 bits per heavy atom. The molecule has 0 bridgehead atoms. The van der Waals surface area contributed by atoms with E-state index < -0.39 is 10.0 Å². The topological polar surface area (TPSA) is 77.2 Å². The molecule has 0 saturated heterocycles. The Morgan fingerprint density at radius 2 is 1.97 bits per heavy atom. The quantitative estimate of drug-likeness (QED) is 0.489. The zero-order chi connectivity index (χ0) is 24.0. The van der Waals surface area contributed by atoms with Gasteiger partial charge in [-0.3, -0.25) is 0 Å². The Morgan fingerprint density at radius 3 is 2.70 bits per heavy atom. The van der Waals surface area contributed by atoms with E-state index in [9.17, 15) is 8.42 Å². The number of likely N-dealkylation sites (N-methyl/N-ethyl adjacent to an activating group) is 1. The summed E-state index contributed by atoms with van der Waals surface area (Å²) in [7, 11) is 2.29. The number of H-pyrrole nitrogens is 1. The van der Waals surface area contributed by atoms with Gasteiger partial charge in [0, 0.05) is 35.2 Å². The number of hydrogen-bond donors (Lipinski definition) is 3. The maximum atomic E-state index is 11.6. The molecule has 1 aromatic heterocycles. The molecular formula is C25H35ClN4O2S. The van der Waals surface area contributed by atoms with E-state index in [0.29, 0.717) is 5.92 Å². The molecule has 0 unspecified atom stereocenters. The Bertz CT molecular complexity index is 1170. The fourth-order valence-corrected chi connectivity index (χ4v) is 5.00. The van der Waals surface area contributed by atoms with Gasteiger partial charge in [-0.1, -0.05) is 30.7 Å². The largest absolute Gasteiger partial charge is 0.361 e. The zero-order valence-corrected chi connectivity index (χ0v) is 21.5. The van der Waals surface area contributed by atoms with Crippen LogP contribution in [-0.2, 0) is 28.6 Å². The molecule has 3 N–H and O–H groups in total. The van der Waals surface area contributed by atoms with Crippen LogP contribution in [-0.4, -0.2) is 59.1 Å². The van der Waals surface area contributed by atoms with Gasteiger partial charge in [0.25, 0.3) is 0 Å². The van der Waals surface area contributed by atoms with Crippen LogP contribution in [0.4, 0.5) is 0 Å². The minimum Gasteiger partial charge on any atom is -0.361 e. The highest BCUT2D eigenvalue weighted by Gasteiger charge is 2.14. The van der Waals surface area contributed by atoms with Gasteiger partial charge >= 0.3 is 0 Å². The Hall–Kier alpha value is -1.90. The maximum absolute atomic E-state index is 11.6. The van der Waals surface area contributed by atoms with Gasteiger partial charge in [0.15, 0.2) is 0 Å². The third-order valence-electron chi connectivity index (χ3n) is 5.99. The van der Waals surface area contributed by atoms with E-state index in [0.717, 1.165) is 54.0 Å². The number of rotatable bonds is 6. The number of benzene rings is 2. The second-order valence-electron chi connectivity index (χ2n) is 8.91. The number of aromatic amines is 1. The maximum Gasteiger partial charge on any atom is 0.215 e. The molecule has 0 radical (unpaired) electrons. The first-order valence-corrected chi connectivity index (χ1v) is 13.4. The predicted molar refractivity (Wildman–Crippen MR) is 139 cm³/mol. The third kappa shape index (κ3) is 7.29. The molecule has 0 amide bonds. The second kappa shape index (κ2) is 11.5. The SMILES string of the molecule is CNS(=O)(=O)Cc1ccc2[nH]cc(CCN(C)C)c2c1.C[C@H]1CNCCc2ccc(Cl)cc21. The van der Waals surface area contributed by atoms with E-state index in [1.807, 2.05) is 44.6 Å². The van der Waals surface area contributed by atoms with Crippen molar-refractivity contribution >= 4 is 32.5 Å². The molecule has 3 aromatic rings. The summed E-state index contributed by atoms with van der Waals surface area (Å²) in [5, 5.41) is 5.38. The van der Waals surface area contributed by atoms with Crippen LogP contribution in [0.25, 0.3) is 10.9 Å². The van der Waals surface area contributed by atoms with Crippen molar-refractivity contribution in [3.63, 3.8) is 0 Å². The number of aromatic nitrogens is 1. The highest BCUT2D eigenvalue weighted by Crippen LogP contribution is 2.25. The fourth-order valence-electron chi connectivity index (χ4n) is 4.06. The van der Waals surface area contributed by atoms with E-state index in [-0.39, 0.29) is 5.75 Å². The average molecular weight is 491 g/mol. The number of nitrogens with zero attached hydrogens (tertiary/aromatic N) is 1. The zero-order valence-electron chi connectivity index (χ0n) is 19.9. The summed E-state index contributed by atoms with van der Waals surface area (Å²) in [6.45, 7) is 5.35. The van der Waals surface area contributed by atoms with E-state index >= 15 is 0 Å². The summed E-state index contributed by atoms with van der Waals surface area (Å²) in [6, 6.07) is 12.0. The lowest BCUT2D eigenvalue weighted by molar-refractivity contribution is 0.414. The van der Waals surface area contributed by atoms with Crippen LogP contribution in [0.15, 0.2) is 42.6 Å². The van der Waals surface area contributed by atoms with E-state index in [1.165, 1.54) is 23.7 Å². The minimum absolute atomic E-state index is 0.0116. The summed E-state index contributed by atoms with van der Waals surface area (Å²) in [5.74, 6) is 0.591. The number of sulfonamides is 1. The van der Waals surface area contributed by atoms with Crippen molar-refractivity contribution in [2.24, 2.45) is 0 Å². The minimum atomic E-state index is -3.23. The van der Waals surface area contributed by atoms with Crippen LogP contribution in [0.5, 0.6) is 0 Å². The Labute approximate surface area is 202 Å². The standard InChI is InChI=1S/C14H21N3O2S.C11H14ClN/c1-15-20(18,19)10-11-4-5-14-13(8-11)12(9-16-14)6-7-17(2)3;1-8-7-13-5-4-9-2-3-10(12)6-11(8)9/h4-5,8-9,15-16H,6-7,10H2,1-3H3;2-3,6,8,13H,4-5,7H2,1H3/t;8-/m.0/s1. The molecule has 0 saturated carbocycles. The molecule has 0 fully saturated rings. The van der Waals surface area contributed by atoms with Crippen LogP contribution >= 0.6 is 11.6 Å². The third-order valence-corrected chi connectivity index (χ3v) is 7.56. The molecule has 2 aromatic carbocycles. The lowest BCUT2D eigenvalue weighted by atomic mass is 9.96. The fraction of sp³-hybridized carbons (Fsp3) is 0.440. The van der Waals surface area contributed by atoms with Gasteiger partial charge in [0.05, 0.1) is 5.75 Å². The highest BCUT2D eigenvalue weighted by molar-refractivity contribution is 7.88. The van der Waals surface area contributed by atoms with Crippen LogP contribution in [0.3, 0.4) is 0 Å². The summed E-state index contributed by atoms with van der Waals surface area (Å²) in [6.07, 6.45) is 4.07. The van der Waals surface area contributed by atoms with Crippen molar-refractivity contribution in [3.05, 3.63) is 69.9 Å². The van der Waals surface area contributed by atoms with Crippen LogP contribution < -0.4 is 10.0 Å². The first-order chi connectivity index (χ1) is 15.7. The lowest BCUT2D eigenvalue weighted by Crippen LogP contribution is -2.20. The molecule has 33 heavy (non-hydrogen) atoms. The van der Waals surface area contributed by atoms with Crippen LogP contribution in [0.1, 0.15) is 35.1 Å². The predicted octanol–water partition coefficient (Wildman–Crippen LogP) is 3.91. The molecule has 1 atom stereocenters. The molecule has 1 aliphatic rings. The molecule has 180 valence electrons.